The van der Waals surface area contributed by atoms with E-state index in [1.54, 1.807) is 6.07 Å². The van der Waals surface area contributed by atoms with E-state index in [1.807, 2.05) is 18.2 Å². The number of ether oxygens (including phenoxy) is 1. The van der Waals surface area contributed by atoms with Gasteiger partial charge in [-0.25, -0.2) is 4.79 Å². The molecule has 0 bridgehead atoms. The zero-order chi connectivity index (χ0) is 12.5. The summed E-state index contributed by atoms with van der Waals surface area (Å²) in [6.45, 7) is 0. The van der Waals surface area contributed by atoms with Crippen LogP contribution < -0.4 is 0 Å². The summed E-state index contributed by atoms with van der Waals surface area (Å²) >= 11 is 0. The molecule has 96 valence electrons. The molecule has 1 saturated carbocycles. The molecule has 0 radical (unpaired) electrons. The monoisotopic (exact) mass is 246 g/mol. The average molecular weight is 246 g/mol. The molecule has 2 atom stereocenters. The Balaban J connectivity index is 1.83. The van der Waals surface area contributed by atoms with Crippen LogP contribution in [0.3, 0.4) is 0 Å². The van der Waals surface area contributed by atoms with Gasteiger partial charge in [-0.1, -0.05) is 37.5 Å². The van der Waals surface area contributed by atoms with Crippen molar-refractivity contribution in [2.75, 3.05) is 0 Å². The molecule has 0 spiro atoms. The molecule has 0 unspecified atom stereocenters. The minimum atomic E-state index is -0.558. The Kier molecular flexibility index (Phi) is 3.08. The lowest BCUT2D eigenvalue weighted by atomic mass is 9.82. The summed E-state index contributed by atoms with van der Waals surface area (Å²) in [5, 5.41) is 10.5. The molecule has 2 aliphatic rings. The zero-order valence-electron chi connectivity index (χ0n) is 10.3. The maximum Gasteiger partial charge on any atom is 0.339 e. The second-order valence-electron chi connectivity index (χ2n) is 5.30. The standard InChI is InChI=1S/C15H18O3/c16-13(10-6-2-1-3-7-10)14-11-8-4-5-9-12(11)15(17)18-14/h4-5,8-10,13-14,16H,1-3,6-7H2/t13-,14+/m0/s1. The van der Waals surface area contributed by atoms with Gasteiger partial charge in [-0.15, -0.1) is 0 Å². The van der Waals surface area contributed by atoms with Crippen LogP contribution in [-0.2, 0) is 4.74 Å². The first-order valence-electron chi connectivity index (χ1n) is 6.75. The van der Waals surface area contributed by atoms with Gasteiger partial charge in [0.2, 0.25) is 0 Å². The number of rotatable bonds is 2. The first-order chi connectivity index (χ1) is 8.77. The molecule has 0 aromatic heterocycles. The number of benzene rings is 1. The molecule has 1 aromatic carbocycles. The second kappa shape index (κ2) is 4.73. The summed E-state index contributed by atoms with van der Waals surface area (Å²) < 4.78 is 5.36. The molecule has 1 fully saturated rings. The number of carbonyl (C=O) groups excluding carboxylic acids is 1. The summed E-state index contributed by atoms with van der Waals surface area (Å²) in [5.41, 5.74) is 1.46. The summed E-state index contributed by atoms with van der Waals surface area (Å²) in [5.74, 6) is -0.0341. The van der Waals surface area contributed by atoms with E-state index >= 15 is 0 Å². The van der Waals surface area contributed by atoms with Crippen molar-refractivity contribution >= 4 is 5.97 Å². The summed E-state index contributed by atoms with van der Waals surface area (Å²) in [7, 11) is 0. The highest BCUT2D eigenvalue weighted by molar-refractivity contribution is 5.94. The topological polar surface area (TPSA) is 46.5 Å². The highest BCUT2D eigenvalue weighted by Crippen LogP contribution is 2.39. The molecule has 1 aromatic rings. The second-order valence-corrected chi connectivity index (χ2v) is 5.30. The fourth-order valence-corrected chi connectivity index (χ4v) is 3.15. The molecule has 1 aliphatic heterocycles. The molecule has 18 heavy (non-hydrogen) atoms. The van der Waals surface area contributed by atoms with E-state index in [0.717, 1.165) is 18.4 Å². The Morgan fingerprint density at radius 2 is 1.89 bits per heavy atom. The predicted molar refractivity (Wildman–Crippen MR) is 67.2 cm³/mol. The van der Waals surface area contributed by atoms with Crippen molar-refractivity contribution in [3.05, 3.63) is 35.4 Å². The van der Waals surface area contributed by atoms with Crippen LogP contribution in [0, 0.1) is 5.92 Å². The van der Waals surface area contributed by atoms with Crippen LogP contribution in [-0.4, -0.2) is 17.2 Å². The van der Waals surface area contributed by atoms with Gasteiger partial charge in [0.05, 0.1) is 11.7 Å². The SMILES string of the molecule is O=C1O[C@@H]([C@@H](O)C2CCCCC2)c2ccccc21. The Hall–Kier alpha value is -1.35. The molecule has 1 aliphatic carbocycles. The van der Waals surface area contributed by atoms with E-state index in [0.29, 0.717) is 5.56 Å². The van der Waals surface area contributed by atoms with E-state index in [9.17, 15) is 9.90 Å². The van der Waals surface area contributed by atoms with Gasteiger partial charge in [0.15, 0.2) is 6.10 Å². The molecule has 1 N–H and O–H groups in total. The Morgan fingerprint density at radius 3 is 2.67 bits per heavy atom. The van der Waals surface area contributed by atoms with E-state index < -0.39 is 12.2 Å². The van der Waals surface area contributed by atoms with Crippen LogP contribution in [0.15, 0.2) is 24.3 Å². The van der Waals surface area contributed by atoms with Crippen molar-refractivity contribution in [3.63, 3.8) is 0 Å². The van der Waals surface area contributed by atoms with Gasteiger partial charge in [-0.3, -0.25) is 0 Å². The Labute approximate surface area is 107 Å². The Morgan fingerprint density at radius 1 is 1.17 bits per heavy atom. The lowest BCUT2D eigenvalue weighted by Crippen LogP contribution is -2.29. The quantitative estimate of drug-likeness (QED) is 0.816. The van der Waals surface area contributed by atoms with Crippen LogP contribution in [0.4, 0.5) is 0 Å². The first kappa shape index (κ1) is 11.7. The van der Waals surface area contributed by atoms with Crippen molar-refractivity contribution in [2.45, 2.75) is 44.3 Å². The molecule has 0 saturated heterocycles. The number of aliphatic hydroxyl groups is 1. The maximum atomic E-state index is 11.7. The van der Waals surface area contributed by atoms with Gasteiger partial charge in [0.25, 0.3) is 0 Å². The number of aliphatic hydroxyl groups excluding tert-OH is 1. The van der Waals surface area contributed by atoms with Crippen molar-refractivity contribution in [3.8, 4) is 0 Å². The molecular weight excluding hydrogens is 228 g/mol. The molecule has 1 heterocycles. The summed E-state index contributed by atoms with van der Waals surface area (Å²) in [6.07, 6.45) is 4.65. The highest BCUT2D eigenvalue weighted by atomic mass is 16.6. The van der Waals surface area contributed by atoms with Crippen molar-refractivity contribution in [2.24, 2.45) is 5.92 Å². The number of esters is 1. The van der Waals surface area contributed by atoms with Gasteiger partial charge in [0.1, 0.15) is 0 Å². The van der Waals surface area contributed by atoms with E-state index in [1.165, 1.54) is 19.3 Å². The fourth-order valence-electron chi connectivity index (χ4n) is 3.15. The fraction of sp³-hybridized carbons (Fsp3) is 0.533. The Bertz CT molecular complexity index is 449. The van der Waals surface area contributed by atoms with Gasteiger partial charge in [-0.05, 0) is 24.8 Å². The highest BCUT2D eigenvalue weighted by Gasteiger charge is 2.39. The van der Waals surface area contributed by atoms with Crippen LogP contribution in [0.2, 0.25) is 0 Å². The molecule has 3 rings (SSSR count). The smallest absolute Gasteiger partial charge is 0.339 e. The number of cyclic esters (lactones) is 1. The molecular formula is C15H18O3. The lowest BCUT2D eigenvalue weighted by Gasteiger charge is -2.29. The van der Waals surface area contributed by atoms with E-state index in [4.69, 9.17) is 4.74 Å². The molecule has 0 amide bonds. The number of hydrogen-bond donors (Lipinski definition) is 1. The van der Waals surface area contributed by atoms with Gasteiger partial charge in [-0.2, -0.15) is 0 Å². The van der Waals surface area contributed by atoms with Crippen LogP contribution in [0.25, 0.3) is 0 Å². The largest absolute Gasteiger partial charge is 0.451 e. The van der Waals surface area contributed by atoms with Crippen LogP contribution in [0.5, 0.6) is 0 Å². The number of hydrogen-bond acceptors (Lipinski definition) is 3. The van der Waals surface area contributed by atoms with Gasteiger partial charge in [0, 0.05) is 5.56 Å². The zero-order valence-corrected chi connectivity index (χ0v) is 10.3. The summed E-state index contributed by atoms with van der Waals surface area (Å²) in [4.78, 5) is 11.7. The molecule has 3 nitrogen and oxygen atoms in total. The number of carbonyl (C=O) groups is 1. The van der Waals surface area contributed by atoms with Gasteiger partial charge >= 0.3 is 5.97 Å². The molecule has 3 heteroatoms. The van der Waals surface area contributed by atoms with Gasteiger partial charge < -0.3 is 9.84 Å². The third-order valence-electron chi connectivity index (χ3n) is 4.16. The minimum Gasteiger partial charge on any atom is -0.451 e. The summed E-state index contributed by atoms with van der Waals surface area (Å²) in [6, 6.07) is 7.37. The minimum absolute atomic E-state index is 0.266. The van der Waals surface area contributed by atoms with Crippen molar-refractivity contribution in [1.29, 1.82) is 0 Å². The maximum absolute atomic E-state index is 11.7. The van der Waals surface area contributed by atoms with Crippen molar-refractivity contribution < 1.29 is 14.6 Å². The first-order valence-corrected chi connectivity index (χ1v) is 6.75. The van der Waals surface area contributed by atoms with E-state index in [-0.39, 0.29) is 11.9 Å². The normalized spacial score (nSPS) is 25.6. The van der Waals surface area contributed by atoms with Crippen LogP contribution in [0.1, 0.15) is 54.1 Å². The van der Waals surface area contributed by atoms with E-state index in [2.05, 4.69) is 0 Å². The van der Waals surface area contributed by atoms with Crippen LogP contribution >= 0.6 is 0 Å². The third kappa shape index (κ3) is 1.93. The number of fused-ring (bicyclic) bond motifs is 1. The lowest BCUT2D eigenvalue weighted by molar-refractivity contribution is -0.0397. The average Bonchev–Trinajstić information content (AvgIpc) is 2.77. The predicted octanol–water partition coefficient (Wildman–Crippen LogP) is 2.84. The third-order valence-corrected chi connectivity index (χ3v) is 4.16. The van der Waals surface area contributed by atoms with Crippen molar-refractivity contribution in [1.82, 2.24) is 0 Å².